The van der Waals surface area contributed by atoms with E-state index in [4.69, 9.17) is 5.73 Å². The van der Waals surface area contributed by atoms with Crippen LogP contribution in [-0.2, 0) is 10.0 Å². The van der Waals surface area contributed by atoms with Crippen LogP contribution in [0.5, 0.6) is 0 Å². The molecule has 2 aliphatic rings. The topological polar surface area (TPSA) is 113 Å². The fourth-order valence-electron chi connectivity index (χ4n) is 4.43. The molecule has 4 rings (SSSR count). The van der Waals surface area contributed by atoms with Gasteiger partial charge >= 0.3 is 0 Å². The molecule has 2 saturated heterocycles. The van der Waals surface area contributed by atoms with Crippen molar-refractivity contribution in [1.82, 2.24) is 4.31 Å². The van der Waals surface area contributed by atoms with Crippen LogP contribution in [0.4, 0.5) is 11.4 Å². The lowest BCUT2D eigenvalue weighted by Crippen LogP contribution is -2.35. The zero-order chi connectivity index (χ0) is 23.4. The van der Waals surface area contributed by atoms with E-state index in [1.54, 1.807) is 12.1 Å². The maximum atomic E-state index is 13.0. The molecule has 0 atom stereocenters. The van der Waals surface area contributed by atoms with E-state index in [1.807, 2.05) is 6.07 Å². The van der Waals surface area contributed by atoms with Crippen molar-refractivity contribution in [3.63, 3.8) is 0 Å². The molecule has 8 nitrogen and oxygen atoms in total. The van der Waals surface area contributed by atoms with Crippen LogP contribution in [-0.4, -0.2) is 50.7 Å². The van der Waals surface area contributed by atoms with Gasteiger partial charge < -0.3 is 16.0 Å². The van der Waals surface area contributed by atoms with Gasteiger partial charge in [-0.1, -0.05) is 6.42 Å². The molecule has 0 saturated carbocycles. The second kappa shape index (κ2) is 9.93. The van der Waals surface area contributed by atoms with Crippen molar-refractivity contribution in [2.45, 2.75) is 43.4 Å². The summed E-state index contributed by atoms with van der Waals surface area (Å²) in [6.45, 7) is 2.81. The van der Waals surface area contributed by atoms with Crippen molar-refractivity contribution in [3.8, 4) is 0 Å². The van der Waals surface area contributed by atoms with Crippen molar-refractivity contribution in [3.05, 3.63) is 53.6 Å². The predicted octanol–water partition coefficient (Wildman–Crippen LogP) is 3.20. The fourth-order valence-corrected chi connectivity index (χ4v) is 5.94. The third kappa shape index (κ3) is 5.20. The summed E-state index contributed by atoms with van der Waals surface area (Å²) in [6, 6.07) is 11.1. The highest BCUT2D eigenvalue weighted by Crippen LogP contribution is 2.30. The Balaban J connectivity index is 1.55. The minimum Gasteiger partial charge on any atom is -0.370 e. The first kappa shape index (κ1) is 23.3. The molecule has 0 bridgehead atoms. The van der Waals surface area contributed by atoms with Crippen LogP contribution in [0.1, 0.15) is 59.2 Å². The summed E-state index contributed by atoms with van der Waals surface area (Å²) in [5.41, 5.74) is 7.46. The van der Waals surface area contributed by atoms with E-state index in [0.29, 0.717) is 29.9 Å². The number of piperidine rings is 2. The Morgan fingerprint density at radius 2 is 1.36 bits per heavy atom. The predicted molar refractivity (Wildman–Crippen MR) is 128 cm³/mol. The molecular formula is C24H30N4O4S. The number of primary amides is 1. The summed E-state index contributed by atoms with van der Waals surface area (Å²) >= 11 is 0. The quantitative estimate of drug-likeness (QED) is 0.673. The molecular weight excluding hydrogens is 440 g/mol. The molecule has 3 N–H and O–H groups in total. The number of carbonyl (C=O) groups excluding carboxylic acids is 2. The molecule has 2 aliphatic heterocycles. The smallest absolute Gasteiger partial charge is 0.255 e. The van der Waals surface area contributed by atoms with Crippen LogP contribution in [0.3, 0.4) is 0 Å². The minimum absolute atomic E-state index is 0.186. The van der Waals surface area contributed by atoms with E-state index in [9.17, 15) is 18.0 Å². The van der Waals surface area contributed by atoms with Crippen LogP contribution in [0.2, 0.25) is 0 Å². The molecule has 0 unspecified atom stereocenters. The van der Waals surface area contributed by atoms with Gasteiger partial charge in [-0.15, -0.1) is 0 Å². The molecule has 2 aromatic rings. The van der Waals surface area contributed by atoms with E-state index in [-0.39, 0.29) is 10.8 Å². The highest BCUT2D eigenvalue weighted by atomic mass is 32.2. The second-order valence-electron chi connectivity index (χ2n) is 8.59. The van der Waals surface area contributed by atoms with E-state index in [2.05, 4.69) is 10.2 Å². The number of carbonyl (C=O) groups is 2. The SMILES string of the molecule is NC(=O)c1ccc(N2CCCCC2)c(NC(=O)c2ccc(S(=O)(=O)N3CCCCC3)cc2)c1. The van der Waals surface area contributed by atoms with Gasteiger partial charge in [0.15, 0.2) is 0 Å². The molecule has 0 radical (unpaired) electrons. The molecule has 0 spiro atoms. The number of hydrogen-bond donors (Lipinski definition) is 2. The number of amides is 2. The Kier molecular flexibility index (Phi) is 6.99. The Bertz CT molecular complexity index is 1120. The van der Waals surface area contributed by atoms with Gasteiger partial charge in [0.05, 0.1) is 16.3 Å². The van der Waals surface area contributed by atoms with Gasteiger partial charge in [-0.3, -0.25) is 9.59 Å². The fraction of sp³-hybridized carbons (Fsp3) is 0.417. The highest BCUT2D eigenvalue weighted by Gasteiger charge is 2.26. The first-order valence-electron chi connectivity index (χ1n) is 11.5. The molecule has 2 aromatic carbocycles. The van der Waals surface area contributed by atoms with Gasteiger partial charge in [-0.25, -0.2) is 8.42 Å². The van der Waals surface area contributed by atoms with Crippen molar-refractivity contribution < 1.29 is 18.0 Å². The lowest BCUT2D eigenvalue weighted by Gasteiger charge is -2.30. The average molecular weight is 471 g/mol. The number of nitrogens with two attached hydrogens (primary N) is 1. The van der Waals surface area contributed by atoms with Crippen LogP contribution < -0.4 is 16.0 Å². The Labute approximate surface area is 194 Å². The largest absolute Gasteiger partial charge is 0.370 e. The van der Waals surface area contributed by atoms with Gasteiger partial charge in [0.2, 0.25) is 15.9 Å². The summed E-state index contributed by atoms with van der Waals surface area (Å²) in [4.78, 5) is 27.1. The number of sulfonamides is 1. The summed E-state index contributed by atoms with van der Waals surface area (Å²) in [5, 5.41) is 2.89. The van der Waals surface area contributed by atoms with Gasteiger partial charge in [0, 0.05) is 37.3 Å². The van der Waals surface area contributed by atoms with E-state index in [1.165, 1.54) is 35.0 Å². The zero-order valence-electron chi connectivity index (χ0n) is 18.6. The van der Waals surface area contributed by atoms with Gasteiger partial charge in [0.1, 0.15) is 0 Å². The van der Waals surface area contributed by atoms with Gasteiger partial charge in [-0.2, -0.15) is 4.31 Å². The highest BCUT2D eigenvalue weighted by molar-refractivity contribution is 7.89. The normalized spacial score (nSPS) is 17.5. The van der Waals surface area contributed by atoms with Crippen LogP contribution in [0, 0.1) is 0 Å². The molecule has 2 heterocycles. The first-order valence-corrected chi connectivity index (χ1v) is 12.9. The molecule has 176 valence electrons. The summed E-state index contributed by atoms with van der Waals surface area (Å²) in [5.74, 6) is -0.945. The second-order valence-corrected chi connectivity index (χ2v) is 10.5. The number of anilines is 2. The van der Waals surface area contributed by atoms with Crippen molar-refractivity contribution in [1.29, 1.82) is 0 Å². The van der Waals surface area contributed by atoms with E-state index < -0.39 is 15.9 Å². The standard InChI is InChI=1S/C24H30N4O4S/c25-23(29)19-9-12-22(27-13-3-1-4-14-27)21(17-19)26-24(30)18-7-10-20(11-8-18)33(31,32)28-15-5-2-6-16-28/h7-12,17H,1-6,13-16H2,(H2,25,29)(H,26,30). The minimum atomic E-state index is -3.56. The van der Waals surface area contributed by atoms with Gasteiger partial charge in [0.25, 0.3) is 5.91 Å². The maximum Gasteiger partial charge on any atom is 0.255 e. The van der Waals surface area contributed by atoms with E-state index in [0.717, 1.165) is 50.9 Å². The number of benzene rings is 2. The Morgan fingerprint density at radius 3 is 1.97 bits per heavy atom. The molecule has 2 amide bonds. The van der Waals surface area contributed by atoms with Gasteiger partial charge in [-0.05, 0) is 74.6 Å². The lowest BCUT2D eigenvalue weighted by atomic mass is 10.1. The Morgan fingerprint density at radius 1 is 0.788 bits per heavy atom. The number of nitrogens with one attached hydrogen (secondary N) is 1. The van der Waals surface area contributed by atoms with Crippen LogP contribution in [0.25, 0.3) is 0 Å². The molecule has 2 fully saturated rings. The summed E-state index contributed by atoms with van der Waals surface area (Å²) in [6.07, 6.45) is 6.08. The van der Waals surface area contributed by atoms with Crippen molar-refractivity contribution in [2.75, 3.05) is 36.4 Å². The Hall–Kier alpha value is -2.91. The third-order valence-electron chi connectivity index (χ3n) is 6.30. The first-order chi connectivity index (χ1) is 15.9. The number of nitrogens with zero attached hydrogens (tertiary/aromatic N) is 2. The summed E-state index contributed by atoms with van der Waals surface area (Å²) < 4.78 is 27.2. The molecule has 33 heavy (non-hydrogen) atoms. The average Bonchev–Trinajstić information content (AvgIpc) is 2.85. The lowest BCUT2D eigenvalue weighted by molar-refractivity contribution is 0.0996. The number of rotatable bonds is 6. The third-order valence-corrected chi connectivity index (χ3v) is 8.21. The monoisotopic (exact) mass is 470 g/mol. The van der Waals surface area contributed by atoms with Crippen LogP contribution in [0.15, 0.2) is 47.4 Å². The van der Waals surface area contributed by atoms with E-state index >= 15 is 0 Å². The summed E-state index contributed by atoms with van der Waals surface area (Å²) in [7, 11) is -3.56. The molecule has 0 aromatic heterocycles. The van der Waals surface area contributed by atoms with Crippen molar-refractivity contribution in [2.24, 2.45) is 5.73 Å². The zero-order valence-corrected chi connectivity index (χ0v) is 19.4. The maximum absolute atomic E-state index is 13.0. The van der Waals surface area contributed by atoms with Crippen LogP contribution >= 0.6 is 0 Å². The number of hydrogen-bond acceptors (Lipinski definition) is 5. The van der Waals surface area contributed by atoms with Crippen molar-refractivity contribution >= 4 is 33.2 Å². The molecule has 0 aliphatic carbocycles. The molecule has 9 heteroatoms.